The van der Waals surface area contributed by atoms with Crippen molar-refractivity contribution in [3.05, 3.63) is 59.1 Å². The van der Waals surface area contributed by atoms with Crippen molar-refractivity contribution in [1.29, 1.82) is 0 Å². The van der Waals surface area contributed by atoms with Crippen LogP contribution >= 0.6 is 23.8 Å². The van der Waals surface area contributed by atoms with E-state index >= 15 is 0 Å². The number of carbonyl (C=O) groups is 2. The first-order valence-corrected chi connectivity index (χ1v) is 7.56. The number of nitrogens with one attached hydrogen (secondary N) is 2. The predicted octanol–water partition coefficient (Wildman–Crippen LogP) is 2.93. The van der Waals surface area contributed by atoms with Crippen molar-refractivity contribution in [2.45, 2.75) is 0 Å². The van der Waals surface area contributed by atoms with Gasteiger partial charge in [-0.2, -0.15) is 0 Å². The molecule has 0 saturated carbocycles. The van der Waals surface area contributed by atoms with Crippen molar-refractivity contribution < 1.29 is 19.4 Å². The molecular weight excluding hydrogens is 352 g/mol. The minimum Gasteiger partial charge on any atom is -0.484 e. The summed E-state index contributed by atoms with van der Waals surface area (Å²) in [6.45, 7) is -0.202. The molecule has 124 valence electrons. The third-order valence-corrected chi connectivity index (χ3v) is 3.35. The number of anilines is 1. The molecule has 0 bridgehead atoms. The third kappa shape index (κ3) is 5.22. The molecule has 0 aliphatic carbocycles. The van der Waals surface area contributed by atoms with Gasteiger partial charge in [0.1, 0.15) is 5.75 Å². The van der Waals surface area contributed by atoms with Crippen LogP contribution in [0.2, 0.25) is 5.02 Å². The summed E-state index contributed by atoms with van der Waals surface area (Å²) in [5, 5.41) is 14.3. The van der Waals surface area contributed by atoms with E-state index in [4.69, 9.17) is 33.7 Å². The number of hydrogen-bond donors (Lipinski definition) is 3. The quantitative estimate of drug-likeness (QED) is 0.707. The highest BCUT2D eigenvalue weighted by Gasteiger charge is 2.11. The Bertz CT molecular complexity index is 768. The second kappa shape index (κ2) is 8.28. The molecule has 0 aliphatic rings. The smallest absolute Gasteiger partial charge is 0.337 e. The van der Waals surface area contributed by atoms with E-state index in [1.165, 1.54) is 12.1 Å². The number of thiocarbonyl (C=S) groups is 1. The molecule has 0 heterocycles. The average molecular weight is 365 g/mol. The number of ether oxygens (including phenoxy) is 1. The number of rotatable bonds is 5. The summed E-state index contributed by atoms with van der Waals surface area (Å²) in [7, 11) is 0. The zero-order valence-electron chi connectivity index (χ0n) is 12.3. The number of aromatic carboxylic acids is 1. The lowest BCUT2D eigenvalue weighted by atomic mass is 10.2. The Morgan fingerprint density at radius 3 is 2.54 bits per heavy atom. The van der Waals surface area contributed by atoms with Crippen LogP contribution in [0.3, 0.4) is 0 Å². The molecule has 0 saturated heterocycles. The molecule has 2 aromatic carbocycles. The molecule has 0 spiro atoms. The summed E-state index contributed by atoms with van der Waals surface area (Å²) in [5.41, 5.74) is 0.328. The molecular formula is C16H13ClN2O4S. The molecule has 0 fully saturated rings. The van der Waals surface area contributed by atoms with Crippen molar-refractivity contribution in [2.75, 3.05) is 11.9 Å². The Hall–Kier alpha value is -2.64. The van der Waals surface area contributed by atoms with E-state index in [1.54, 1.807) is 30.3 Å². The van der Waals surface area contributed by atoms with Crippen LogP contribution < -0.4 is 15.4 Å². The molecule has 0 radical (unpaired) electrons. The minimum absolute atomic E-state index is 0.0234. The average Bonchev–Trinajstić information content (AvgIpc) is 2.55. The monoisotopic (exact) mass is 364 g/mol. The second-order valence-corrected chi connectivity index (χ2v) is 5.42. The number of carboxylic acids is 1. The predicted molar refractivity (Wildman–Crippen MR) is 94.7 cm³/mol. The number of hydrogen-bond acceptors (Lipinski definition) is 4. The van der Waals surface area contributed by atoms with E-state index in [2.05, 4.69) is 10.6 Å². The van der Waals surface area contributed by atoms with Crippen LogP contribution in [-0.2, 0) is 4.79 Å². The van der Waals surface area contributed by atoms with Crippen LogP contribution in [0.4, 0.5) is 5.69 Å². The summed E-state index contributed by atoms with van der Waals surface area (Å²) >= 11 is 10.8. The minimum atomic E-state index is -1.16. The Balaban J connectivity index is 1.87. The van der Waals surface area contributed by atoms with E-state index in [1.807, 2.05) is 6.07 Å². The van der Waals surface area contributed by atoms with Crippen LogP contribution in [0.1, 0.15) is 10.4 Å². The topological polar surface area (TPSA) is 87.7 Å². The van der Waals surface area contributed by atoms with Crippen LogP contribution in [0, 0.1) is 0 Å². The van der Waals surface area contributed by atoms with Gasteiger partial charge in [0.2, 0.25) is 0 Å². The molecule has 0 atom stereocenters. The lowest BCUT2D eigenvalue weighted by Gasteiger charge is -2.11. The van der Waals surface area contributed by atoms with Gasteiger partial charge in [0, 0.05) is 5.69 Å². The molecule has 1 amide bonds. The maximum absolute atomic E-state index is 11.8. The van der Waals surface area contributed by atoms with Crippen LogP contribution in [0.5, 0.6) is 5.75 Å². The maximum atomic E-state index is 11.8. The zero-order chi connectivity index (χ0) is 17.5. The van der Waals surface area contributed by atoms with E-state index in [0.717, 1.165) is 0 Å². The summed E-state index contributed by atoms with van der Waals surface area (Å²) in [4.78, 5) is 22.8. The first-order valence-electron chi connectivity index (χ1n) is 6.77. The van der Waals surface area contributed by atoms with Gasteiger partial charge >= 0.3 is 5.97 Å². The van der Waals surface area contributed by atoms with Gasteiger partial charge in [0.05, 0.1) is 10.6 Å². The van der Waals surface area contributed by atoms with E-state index in [-0.39, 0.29) is 22.3 Å². The van der Waals surface area contributed by atoms with Crippen LogP contribution in [0.25, 0.3) is 0 Å². The van der Waals surface area contributed by atoms with Gasteiger partial charge in [-0.1, -0.05) is 29.8 Å². The molecule has 2 rings (SSSR count). The van der Waals surface area contributed by atoms with Gasteiger partial charge in [0.25, 0.3) is 5.91 Å². The van der Waals surface area contributed by atoms with Gasteiger partial charge in [-0.15, -0.1) is 0 Å². The summed E-state index contributed by atoms with van der Waals surface area (Å²) in [6.07, 6.45) is 0. The van der Waals surface area contributed by atoms with Gasteiger partial charge in [0.15, 0.2) is 11.7 Å². The Morgan fingerprint density at radius 2 is 1.88 bits per heavy atom. The number of carbonyl (C=O) groups excluding carboxylic acids is 1. The van der Waals surface area contributed by atoms with Crippen LogP contribution in [0.15, 0.2) is 48.5 Å². The van der Waals surface area contributed by atoms with Crippen molar-refractivity contribution >= 4 is 46.5 Å². The Morgan fingerprint density at radius 1 is 1.17 bits per heavy atom. The number of halogens is 1. The van der Waals surface area contributed by atoms with Gasteiger partial charge < -0.3 is 15.2 Å². The van der Waals surface area contributed by atoms with Crippen molar-refractivity contribution in [3.8, 4) is 5.75 Å². The fraction of sp³-hybridized carbons (Fsp3) is 0.0625. The highest BCUT2D eigenvalue weighted by molar-refractivity contribution is 7.80. The SMILES string of the molecule is O=C(COc1ccccc1)NC(=S)Nc1ccc(Cl)c(C(=O)O)c1. The maximum Gasteiger partial charge on any atom is 0.337 e. The van der Waals surface area contributed by atoms with E-state index in [0.29, 0.717) is 11.4 Å². The lowest BCUT2D eigenvalue weighted by molar-refractivity contribution is -0.121. The first kappa shape index (κ1) is 17.7. The van der Waals surface area contributed by atoms with E-state index < -0.39 is 11.9 Å². The number of amides is 1. The largest absolute Gasteiger partial charge is 0.484 e. The zero-order valence-corrected chi connectivity index (χ0v) is 13.9. The number of para-hydroxylation sites is 1. The molecule has 0 unspecified atom stereocenters. The van der Waals surface area contributed by atoms with Crippen molar-refractivity contribution in [2.24, 2.45) is 0 Å². The number of benzene rings is 2. The molecule has 3 N–H and O–H groups in total. The van der Waals surface area contributed by atoms with Gasteiger partial charge in [-0.3, -0.25) is 10.1 Å². The summed E-state index contributed by atoms with van der Waals surface area (Å²) in [5.74, 6) is -1.03. The fourth-order valence-electron chi connectivity index (χ4n) is 1.76. The Labute approximate surface area is 148 Å². The standard InChI is InChI=1S/C16H13ClN2O4S/c17-13-7-6-10(8-12(13)15(21)22)18-16(24)19-14(20)9-23-11-4-2-1-3-5-11/h1-8H,9H2,(H,21,22)(H2,18,19,20,24). The summed E-state index contributed by atoms with van der Waals surface area (Å²) in [6, 6.07) is 13.2. The number of carboxylic acid groups (broad SMARTS) is 1. The van der Waals surface area contributed by atoms with Gasteiger partial charge in [-0.25, -0.2) is 4.79 Å². The van der Waals surface area contributed by atoms with Crippen molar-refractivity contribution in [1.82, 2.24) is 5.32 Å². The molecule has 24 heavy (non-hydrogen) atoms. The second-order valence-electron chi connectivity index (χ2n) is 4.60. The van der Waals surface area contributed by atoms with E-state index in [9.17, 15) is 9.59 Å². The summed E-state index contributed by atoms with van der Waals surface area (Å²) < 4.78 is 5.29. The van der Waals surface area contributed by atoms with Gasteiger partial charge in [-0.05, 0) is 42.5 Å². The normalized spacial score (nSPS) is 9.88. The molecule has 8 heteroatoms. The molecule has 0 aromatic heterocycles. The molecule has 0 aliphatic heterocycles. The van der Waals surface area contributed by atoms with Crippen LogP contribution in [-0.4, -0.2) is 28.7 Å². The highest BCUT2D eigenvalue weighted by Crippen LogP contribution is 2.20. The third-order valence-electron chi connectivity index (χ3n) is 2.82. The Kier molecular flexibility index (Phi) is 6.11. The highest BCUT2D eigenvalue weighted by atomic mass is 35.5. The fourth-order valence-corrected chi connectivity index (χ4v) is 2.19. The molecule has 6 nitrogen and oxygen atoms in total. The lowest BCUT2D eigenvalue weighted by Crippen LogP contribution is -2.37. The van der Waals surface area contributed by atoms with Crippen molar-refractivity contribution in [3.63, 3.8) is 0 Å². The molecule has 2 aromatic rings. The first-order chi connectivity index (χ1) is 11.5.